The highest BCUT2D eigenvalue weighted by atomic mass is 16.6. The molecule has 1 amide bonds. The van der Waals surface area contributed by atoms with E-state index in [-0.39, 0.29) is 48.9 Å². The molecule has 11 nitrogen and oxygen atoms in total. The summed E-state index contributed by atoms with van der Waals surface area (Å²) in [5.41, 5.74) is 5.71. The van der Waals surface area contributed by atoms with Crippen LogP contribution in [0.25, 0.3) is 0 Å². The molecule has 0 aliphatic heterocycles. The molecule has 1 aromatic heterocycles. The fourth-order valence-corrected chi connectivity index (χ4v) is 3.57. The van der Waals surface area contributed by atoms with Crippen LogP contribution >= 0.6 is 0 Å². The number of nitrogen functional groups attached to an aromatic ring is 1. The number of carbonyl (C=O) groups is 1. The molecule has 0 bridgehead atoms. The Hall–Kier alpha value is -4.41. The average Bonchev–Trinajstić information content (AvgIpc) is 2.82. The SMILES string of the molecule is CCCN(C(=O)CCNc1ccccc1[N+](=O)[O-])c1c(N)n(Cc2ccccc2)c(=O)[nH]c1=O. The first kappa shape index (κ1) is 24.2. The van der Waals surface area contributed by atoms with E-state index in [0.29, 0.717) is 6.42 Å². The summed E-state index contributed by atoms with van der Waals surface area (Å²) in [7, 11) is 0. The fourth-order valence-electron chi connectivity index (χ4n) is 3.57. The Balaban J connectivity index is 1.84. The van der Waals surface area contributed by atoms with E-state index in [2.05, 4.69) is 10.3 Å². The summed E-state index contributed by atoms with van der Waals surface area (Å²) in [4.78, 5) is 52.3. The number of nitrogens with zero attached hydrogens (tertiary/aromatic N) is 3. The van der Waals surface area contributed by atoms with Gasteiger partial charge in [-0.3, -0.25) is 29.3 Å². The first-order valence-electron chi connectivity index (χ1n) is 10.8. The number of hydrogen-bond acceptors (Lipinski definition) is 7. The molecule has 0 spiro atoms. The summed E-state index contributed by atoms with van der Waals surface area (Å²) < 4.78 is 1.22. The molecule has 0 fully saturated rings. The van der Waals surface area contributed by atoms with Crippen molar-refractivity contribution in [2.75, 3.05) is 29.0 Å². The number of nitrogens with two attached hydrogens (primary N) is 1. The zero-order chi connectivity index (χ0) is 24.7. The number of aromatic nitrogens is 2. The van der Waals surface area contributed by atoms with E-state index in [1.807, 2.05) is 37.3 Å². The van der Waals surface area contributed by atoms with Gasteiger partial charge in [-0.05, 0) is 18.1 Å². The van der Waals surface area contributed by atoms with Crippen LogP contribution in [0.2, 0.25) is 0 Å². The second kappa shape index (κ2) is 10.9. The smallest absolute Gasteiger partial charge is 0.330 e. The summed E-state index contributed by atoms with van der Waals surface area (Å²) in [5, 5.41) is 14.1. The van der Waals surface area contributed by atoms with Crippen molar-refractivity contribution in [3.63, 3.8) is 0 Å². The van der Waals surface area contributed by atoms with Crippen LogP contribution in [-0.4, -0.2) is 33.5 Å². The van der Waals surface area contributed by atoms with Gasteiger partial charge in [0.1, 0.15) is 11.5 Å². The number of rotatable bonds is 10. The maximum Gasteiger partial charge on any atom is 0.330 e. The van der Waals surface area contributed by atoms with Gasteiger partial charge in [-0.15, -0.1) is 0 Å². The summed E-state index contributed by atoms with van der Waals surface area (Å²) in [6.07, 6.45) is 0.489. The number of H-pyrrole nitrogens is 1. The number of nitrogens with one attached hydrogen (secondary N) is 2. The van der Waals surface area contributed by atoms with Crippen molar-refractivity contribution in [1.29, 1.82) is 0 Å². The summed E-state index contributed by atoms with van der Waals surface area (Å²) in [5.74, 6) is -0.513. The fraction of sp³-hybridized carbons (Fsp3) is 0.261. The highest BCUT2D eigenvalue weighted by molar-refractivity contribution is 5.95. The van der Waals surface area contributed by atoms with E-state index in [1.54, 1.807) is 18.2 Å². The Morgan fingerprint density at radius 3 is 2.50 bits per heavy atom. The van der Waals surface area contributed by atoms with E-state index < -0.39 is 22.1 Å². The number of anilines is 3. The van der Waals surface area contributed by atoms with Crippen molar-refractivity contribution in [2.24, 2.45) is 0 Å². The van der Waals surface area contributed by atoms with Crippen molar-refractivity contribution in [1.82, 2.24) is 9.55 Å². The number of carbonyl (C=O) groups excluding carboxylic acids is 1. The second-order valence-corrected chi connectivity index (χ2v) is 7.56. The van der Waals surface area contributed by atoms with Crippen LogP contribution in [-0.2, 0) is 11.3 Å². The first-order chi connectivity index (χ1) is 16.3. The van der Waals surface area contributed by atoms with Gasteiger partial charge in [-0.25, -0.2) is 4.79 Å². The van der Waals surface area contributed by atoms with Crippen molar-refractivity contribution < 1.29 is 9.72 Å². The molecule has 34 heavy (non-hydrogen) atoms. The van der Waals surface area contributed by atoms with Crippen LogP contribution in [0.1, 0.15) is 25.3 Å². The molecule has 11 heteroatoms. The third-order valence-electron chi connectivity index (χ3n) is 5.17. The van der Waals surface area contributed by atoms with Gasteiger partial charge in [-0.1, -0.05) is 49.4 Å². The summed E-state index contributed by atoms with van der Waals surface area (Å²) >= 11 is 0. The largest absolute Gasteiger partial charge is 0.383 e. The van der Waals surface area contributed by atoms with Crippen LogP contribution in [0.4, 0.5) is 22.9 Å². The molecule has 3 rings (SSSR count). The van der Waals surface area contributed by atoms with E-state index in [1.165, 1.54) is 15.5 Å². The molecule has 0 saturated carbocycles. The van der Waals surface area contributed by atoms with E-state index in [0.717, 1.165) is 5.56 Å². The van der Waals surface area contributed by atoms with Crippen LogP contribution in [0.15, 0.2) is 64.2 Å². The molecular weight excluding hydrogens is 440 g/mol. The second-order valence-electron chi connectivity index (χ2n) is 7.56. The molecule has 0 saturated heterocycles. The lowest BCUT2D eigenvalue weighted by atomic mass is 10.2. The van der Waals surface area contributed by atoms with Crippen molar-refractivity contribution in [3.05, 3.63) is 91.1 Å². The first-order valence-corrected chi connectivity index (χ1v) is 10.8. The molecule has 0 unspecified atom stereocenters. The molecule has 2 aromatic carbocycles. The van der Waals surface area contributed by atoms with E-state index in [4.69, 9.17) is 5.73 Å². The van der Waals surface area contributed by atoms with Gasteiger partial charge in [0.05, 0.1) is 11.5 Å². The van der Waals surface area contributed by atoms with Crippen molar-refractivity contribution in [2.45, 2.75) is 26.3 Å². The predicted octanol–water partition coefficient (Wildman–Crippen LogP) is 2.32. The Kier molecular flexibility index (Phi) is 7.80. The molecular formula is C23H26N6O5. The van der Waals surface area contributed by atoms with Crippen LogP contribution < -0.4 is 27.2 Å². The van der Waals surface area contributed by atoms with Gasteiger partial charge in [0, 0.05) is 25.6 Å². The number of amides is 1. The van der Waals surface area contributed by atoms with Crippen LogP contribution in [0.5, 0.6) is 0 Å². The molecule has 0 atom stereocenters. The van der Waals surface area contributed by atoms with E-state index in [9.17, 15) is 24.5 Å². The minimum absolute atomic E-state index is 0.0528. The van der Waals surface area contributed by atoms with Crippen molar-refractivity contribution >= 4 is 28.8 Å². The quantitative estimate of drug-likeness (QED) is 0.306. The average molecular weight is 466 g/mol. The highest BCUT2D eigenvalue weighted by Crippen LogP contribution is 2.23. The zero-order valence-corrected chi connectivity index (χ0v) is 18.7. The predicted molar refractivity (Wildman–Crippen MR) is 130 cm³/mol. The topological polar surface area (TPSA) is 156 Å². The van der Waals surface area contributed by atoms with Gasteiger partial charge in [0.2, 0.25) is 5.91 Å². The maximum absolute atomic E-state index is 13.1. The summed E-state index contributed by atoms with van der Waals surface area (Å²) in [6, 6.07) is 15.2. The zero-order valence-electron chi connectivity index (χ0n) is 18.7. The Morgan fingerprint density at radius 1 is 1.15 bits per heavy atom. The molecule has 1 heterocycles. The molecule has 0 aliphatic carbocycles. The van der Waals surface area contributed by atoms with Gasteiger partial charge >= 0.3 is 5.69 Å². The minimum Gasteiger partial charge on any atom is -0.383 e. The third kappa shape index (κ3) is 5.49. The Labute approximate surface area is 195 Å². The normalized spacial score (nSPS) is 10.6. The molecule has 0 aliphatic rings. The molecule has 0 radical (unpaired) electrons. The number of aromatic amines is 1. The van der Waals surface area contributed by atoms with Crippen LogP contribution in [0, 0.1) is 10.1 Å². The lowest BCUT2D eigenvalue weighted by molar-refractivity contribution is -0.384. The maximum atomic E-state index is 13.1. The highest BCUT2D eigenvalue weighted by Gasteiger charge is 2.24. The monoisotopic (exact) mass is 466 g/mol. The number of nitro groups is 1. The number of benzene rings is 2. The minimum atomic E-state index is -0.750. The number of nitro benzene ring substituents is 1. The van der Waals surface area contributed by atoms with Crippen molar-refractivity contribution in [3.8, 4) is 0 Å². The Morgan fingerprint density at radius 2 is 1.82 bits per heavy atom. The lowest BCUT2D eigenvalue weighted by Gasteiger charge is -2.24. The number of hydrogen-bond donors (Lipinski definition) is 3. The summed E-state index contributed by atoms with van der Waals surface area (Å²) in [6.45, 7) is 2.28. The molecule has 3 aromatic rings. The van der Waals surface area contributed by atoms with Gasteiger partial charge in [0.25, 0.3) is 11.2 Å². The number of para-hydroxylation sites is 2. The van der Waals surface area contributed by atoms with E-state index >= 15 is 0 Å². The molecule has 178 valence electrons. The van der Waals surface area contributed by atoms with Crippen LogP contribution in [0.3, 0.4) is 0 Å². The standard InChI is InChI=1S/C23H26N6O5/c1-2-14-27(19(30)12-13-25-17-10-6-7-11-18(17)29(33)34)20-21(24)28(23(32)26-22(20)31)15-16-8-4-3-5-9-16/h3-11,25H,2,12-15,24H2,1H3,(H,26,31,32). The van der Waals surface area contributed by atoms with Gasteiger partial charge in [0.15, 0.2) is 5.69 Å². The lowest BCUT2D eigenvalue weighted by Crippen LogP contribution is -2.42. The Bertz CT molecular complexity index is 1280. The third-order valence-corrected chi connectivity index (χ3v) is 5.17. The van der Waals surface area contributed by atoms with Gasteiger partial charge in [-0.2, -0.15) is 0 Å². The van der Waals surface area contributed by atoms with Gasteiger partial charge < -0.3 is 16.0 Å². The molecule has 4 N–H and O–H groups in total.